The molecule has 0 saturated heterocycles. The topological polar surface area (TPSA) is 72.8 Å². The van der Waals surface area contributed by atoms with Gasteiger partial charge in [0.15, 0.2) is 11.5 Å². The summed E-state index contributed by atoms with van der Waals surface area (Å²) in [5, 5.41) is 9.78. The third-order valence-corrected chi connectivity index (χ3v) is 2.86. The Morgan fingerprint density at radius 2 is 1.55 bits per heavy atom. The van der Waals surface area contributed by atoms with Crippen LogP contribution in [0.4, 0.5) is 0 Å². The van der Waals surface area contributed by atoms with Crippen LogP contribution in [0.1, 0.15) is 19.4 Å². The van der Waals surface area contributed by atoms with Gasteiger partial charge >= 0.3 is 0 Å². The van der Waals surface area contributed by atoms with Gasteiger partial charge in [0.2, 0.25) is 5.75 Å². The normalized spacial score (nSPS) is 10.8. The van der Waals surface area contributed by atoms with E-state index in [2.05, 4.69) is 0 Å². The number of allylic oxidation sites excluding steroid dienone is 1. The van der Waals surface area contributed by atoms with E-state index in [0.29, 0.717) is 5.56 Å². The number of phenolic OH excluding ortho intramolecular Hbond substituents is 1. The highest BCUT2D eigenvalue weighted by Gasteiger charge is 2.16. The Morgan fingerprint density at radius 1 is 1.10 bits per heavy atom. The first-order chi connectivity index (χ1) is 9.40. The predicted molar refractivity (Wildman–Crippen MR) is 75.1 cm³/mol. The Labute approximate surface area is 117 Å². The predicted octanol–water partition coefficient (Wildman–Crippen LogP) is 2.22. The first kappa shape index (κ1) is 15.8. The van der Waals surface area contributed by atoms with Gasteiger partial charge in [-0.3, -0.25) is 9.59 Å². The summed E-state index contributed by atoms with van der Waals surface area (Å²) in [4.78, 5) is 22.7. The Bertz CT molecular complexity index is 506. The number of methoxy groups -OCH3 is 2. The summed E-state index contributed by atoms with van der Waals surface area (Å²) in [6, 6.07) is 3.18. The Kier molecular flexibility index (Phi) is 5.32. The van der Waals surface area contributed by atoms with E-state index in [1.54, 1.807) is 18.2 Å². The molecular formula is C15H18O5. The molecule has 5 nitrogen and oxygen atoms in total. The number of phenols is 1. The van der Waals surface area contributed by atoms with Gasteiger partial charge in [0.05, 0.1) is 20.1 Å². The summed E-state index contributed by atoms with van der Waals surface area (Å²) in [7, 11) is 2.85. The number of aromatic hydroxyl groups is 1. The molecule has 0 saturated carbocycles. The minimum atomic E-state index is -0.763. The first-order valence-corrected chi connectivity index (χ1v) is 6.04. The first-order valence-electron chi connectivity index (χ1n) is 6.04. The summed E-state index contributed by atoms with van der Waals surface area (Å²) >= 11 is 0. The SMILES string of the molecule is COc1cc(C=CC(C(C)=O)C(C)=O)cc(OC)c1O. The monoisotopic (exact) mass is 278 g/mol. The molecule has 0 amide bonds. The van der Waals surface area contributed by atoms with E-state index >= 15 is 0 Å². The quantitative estimate of drug-likeness (QED) is 0.808. The van der Waals surface area contributed by atoms with Crippen molar-refractivity contribution in [1.82, 2.24) is 0 Å². The molecule has 0 fully saturated rings. The third-order valence-electron chi connectivity index (χ3n) is 2.86. The van der Waals surface area contributed by atoms with E-state index in [9.17, 15) is 14.7 Å². The largest absolute Gasteiger partial charge is 0.502 e. The highest BCUT2D eigenvalue weighted by atomic mass is 16.5. The van der Waals surface area contributed by atoms with Gasteiger partial charge in [0.1, 0.15) is 11.6 Å². The summed E-state index contributed by atoms with van der Waals surface area (Å²) < 4.78 is 10.1. The molecule has 0 spiro atoms. The van der Waals surface area contributed by atoms with E-state index in [1.807, 2.05) is 0 Å². The lowest BCUT2D eigenvalue weighted by Crippen LogP contribution is -2.16. The molecule has 1 aromatic carbocycles. The van der Waals surface area contributed by atoms with Crippen molar-refractivity contribution in [3.8, 4) is 17.2 Å². The number of rotatable bonds is 6. The Morgan fingerprint density at radius 3 is 1.90 bits per heavy atom. The minimum Gasteiger partial charge on any atom is -0.502 e. The van der Waals surface area contributed by atoms with Gasteiger partial charge in [-0.15, -0.1) is 0 Å². The summed E-state index contributed by atoms with van der Waals surface area (Å²) in [6.45, 7) is 2.74. The number of carbonyl (C=O) groups excluding carboxylic acids is 2. The van der Waals surface area contributed by atoms with Crippen molar-refractivity contribution >= 4 is 17.6 Å². The van der Waals surface area contributed by atoms with Crippen LogP contribution in [0, 0.1) is 5.92 Å². The van der Waals surface area contributed by atoms with Crippen molar-refractivity contribution in [2.24, 2.45) is 5.92 Å². The maximum absolute atomic E-state index is 11.3. The van der Waals surface area contributed by atoms with E-state index in [4.69, 9.17) is 9.47 Å². The lowest BCUT2D eigenvalue weighted by molar-refractivity contribution is -0.128. The second-order valence-electron chi connectivity index (χ2n) is 4.33. The zero-order valence-corrected chi connectivity index (χ0v) is 12.0. The molecule has 0 aromatic heterocycles. The van der Waals surface area contributed by atoms with Gasteiger partial charge < -0.3 is 14.6 Å². The molecule has 20 heavy (non-hydrogen) atoms. The highest BCUT2D eigenvalue weighted by Crippen LogP contribution is 2.37. The zero-order valence-electron chi connectivity index (χ0n) is 12.0. The van der Waals surface area contributed by atoms with Crippen LogP contribution in [0.3, 0.4) is 0 Å². The standard InChI is InChI=1S/C15H18O5/c1-9(16)12(10(2)17)6-5-11-7-13(19-3)15(18)14(8-11)20-4/h5-8,12,18H,1-4H3. The molecule has 0 bridgehead atoms. The molecule has 0 heterocycles. The van der Waals surface area contributed by atoms with Crippen LogP contribution in [0.2, 0.25) is 0 Å². The van der Waals surface area contributed by atoms with Crippen LogP contribution < -0.4 is 9.47 Å². The van der Waals surface area contributed by atoms with Crippen LogP contribution in [0.25, 0.3) is 6.08 Å². The number of ether oxygens (including phenoxy) is 2. The molecule has 0 aliphatic carbocycles. The molecule has 5 heteroatoms. The number of hydrogen-bond donors (Lipinski definition) is 1. The van der Waals surface area contributed by atoms with Crippen molar-refractivity contribution in [2.45, 2.75) is 13.8 Å². The lowest BCUT2D eigenvalue weighted by Gasteiger charge is -2.10. The van der Waals surface area contributed by atoms with E-state index < -0.39 is 5.92 Å². The number of benzene rings is 1. The van der Waals surface area contributed by atoms with Crippen molar-refractivity contribution in [3.05, 3.63) is 23.8 Å². The lowest BCUT2D eigenvalue weighted by atomic mass is 9.99. The van der Waals surface area contributed by atoms with Crippen molar-refractivity contribution in [3.63, 3.8) is 0 Å². The smallest absolute Gasteiger partial charge is 0.200 e. The van der Waals surface area contributed by atoms with Gasteiger partial charge in [-0.25, -0.2) is 0 Å². The Hall–Kier alpha value is -2.30. The maximum atomic E-state index is 11.3. The molecule has 1 rings (SSSR count). The molecule has 0 aliphatic rings. The zero-order chi connectivity index (χ0) is 15.3. The van der Waals surface area contributed by atoms with Crippen LogP contribution in [-0.4, -0.2) is 30.9 Å². The minimum absolute atomic E-state index is 0.0955. The number of carbonyl (C=O) groups is 2. The Balaban J connectivity index is 3.14. The molecule has 0 aliphatic heterocycles. The van der Waals surface area contributed by atoms with E-state index in [1.165, 1.54) is 34.1 Å². The van der Waals surface area contributed by atoms with Crippen molar-refractivity contribution < 1.29 is 24.2 Å². The number of hydrogen-bond acceptors (Lipinski definition) is 5. The highest BCUT2D eigenvalue weighted by molar-refractivity contribution is 6.02. The molecule has 1 N–H and O–H groups in total. The van der Waals surface area contributed by atoms with Gasteiger partial charge in [0, 0.05) is 0 Å². The molecule has 0 radical (unpaired) electrons. The second-order valence-corrected chi connectivity index (χ2v) is 4.33. The maximum Gasteiger partial charge on any atom is 0.200 e. The average molecular weight is 278 g/mol. The molecule has 1 aromatic rings. The second kappa shape index (κ2) is 6.75. The van der Waals surface area contributed by atoms with Crippen molar-refractivity contribution in [1.29, 1.82) is 0 Å². The van der Waals surface area contributed by atoms with Crippen LogP contribution in [-0.2, 0) is 9.59 Å². The van der Waals surface area contributed by atoms with E-state index in [0.717, 1.165) is 0 Å². The van der Waals surface area contributed by atoms with Gasteiger partial charge in [-0.05, 0) is 31.5 Å². The van der Waals surface area contributed by atoms with Crippen molar-refractivity contribution in [2.75, 3.05) is 14.2 Å². The number of ketones is 2. The summed E-state index contributed by atoms with van der Waals surface area (Å²) in [6.07, 6.45) is 3.15. The van der Waals surface area contributed by atoms with Gasteiger partial charge in [-0.2, -0.15) is 0 Å². The van der Waals surface area contributed by atoms with Crippen LogP contribution in [0.15, 0.2) is 18.2 Å². The van der Waals surface area contributed by atoms with Crippen LogP contribution in [0.5, 0.6) is 17.2 Å². The van der Waals surface area contributed by atoms with Gasteiger partial charge in [0.25, 0.3) is 0 Å². The molecule has 108 valence electrons. The summed E-state index contributed by atoms with van der Waals surface area (Å²) in [5.74, 6) is -0.780. The third kappa shape index (κ3) is 3.60. The average Bonchev–Trinajstić information content (AvgIpc) is 2.39. The van der Waals surface area contributed by atoms with E-state index in [-0.39, 0.29) is 28.8 Å². The number of Topliss-reactive ketones (excluding diaryl/α,β-unsaturated/α-hetero) is 2. The molecule has 0 unspecified atom stereocenters. The van der Waals surface area contributed by atoms with Crippen LogP contribution >= 0.6 is 0 Å². The molecule has 0 atom stereocenters. The fourth-order valence-corrected chi connectivity index (χ4v) is 1.77. The fraction of sp³-hybridized carbons (Fsp3) is 0.333. The van der Waals surface area contributed by atoms with Gasteiger partial charge in [-0.1, -0.05) is 12.2 Å². The summed E-state index contributed by atoms with van der Waals surface area (Å²) in [5.41, 5.74) is 0.656. The molecular weight excluding hydrogens is 260 g/mol. The fourth-order valence-electron chi connectivity index (χ4n) is 1.77.